The molecule has 0 aromatic heterocycles. The summed E-state index contributed by atoms with van der Waals surface area (Å²) in [5.74, 6) is -0.783. The Bertz CT molecular complexity index is 369. The summed E-state index contributed by atoms with van der Waals surface area (Å²) in [7, 11) is 0. The highest BCUT2D eigenvalue weighted by Gasteiger charge is 2.01. The van der Waals surface area contributed by atoms with Crippen molar-refractivity contribution < 1.29 is 15.0 Å². The van der Waals surface area contributed by atoms with Gasteiger partial charge in [-0.2, -0.15) is 0 Å². The molecular formula is C13H16O3. The van der Waals surface area contributed by atoms with Gasteiger partial charge in [0.1, 0.15) is 0 Å². The number of hydrogen-bond donors (Lipinski definition) is 2. The van der Waals surface area contributed by atoms with Crippen molar-refractivity contribution in [3.05, 3.63) is 41.5 Å². The maximum atomic E-state index is 10.5. The molecule has 0 amide bonds. The molecule has 0 spiro atoms. The second-order valence-electron chi connectivity index (χ2n) is 3.51. The number of aryl methyl sites for hydroxylation is 1. The van der Waals surface area contributed by atoms with E-state index >= 15 is 0 Å². The summed E-state index contributed by atoms with van der Waals surface area (Å²) in [6.07, 6.45) is 5.11. The minimum absolute atomic E-state index is 0.133. The van der Waals surface area contributed by atoms with Crippen molar-refractivity contribution in [2.45, 2.75) is 19.3 Å². The number of hydrogen-bond acceptors (Lipinski definition) is 2. The van der Waals surface area contributed by atoms with Crippen LogP contribution in [0.4, 0.5) is 0 Å². The fourth-order valence-corrected chi connectivity index (χ4v) is 1.45. The van der Waals surface area contributed by atoms with Gasteiger partial charge in [-0.05, 0) is 24.0 Å². The average molecular weight is 220 g/mol. The van der Waals surface area contributed by atoms with E-state index in [1.165, 1.54) is 0 Å². The number of aliphatic hydroxyl groups is 1. The van der Waals surface area contributed by atoms with Crippen LogP contribution in [0.2, 0.25) is 0 Å². The van der Waals surface area contributed by atoms with E-state index in [4.69, 9.17) is 10.2 Å². The summed E-state index contributed by atoms with van der Waals surface area (Å²) in [4.78, 5) is 10.5. The van der Waals surface area contributed by atoms with Gasteiger partial charge in [-0.1, -0.05) is 36.4 Å². The third kappa shape index (κ3) is 4.28. The Morgan fingerprint density at radius 2 is 2.06 bits per heavy atom. The second-order valence-corrected chi connectivity index (χ2v) is 3.51. The Morgan fingerprint density at radius 3 is 2.75 bits per heavy atom. The fraction of sp³-hybridized carbons (Fsp3) is 0.308. The molecule has 3 nitrogen and oxygen atoms in total. The molecule has 1 aromatic carbocycles. The van der Waals surface area contributed by atoms with Crippen LogP contribution in [0, 0.1) is 0 Å². The summed E-state index contributed by atoms with van der Waals surface area (Å²) in [6.45, 7) is 0.133. The molecule has 2 N–H and O–H groups in total. The summed E-state index contributed by atoms with van der Waals surface area (Å²) >= 11 is 0. The van der Waals surface area contributed by atoms with Crippen LogP contribution in [-0.4, -0.2) is 22.8 Å². The molecule has 1 aromatic rings. The quantitative estimate of drug-likeness (QED) is 0.771. The zero-order valence-electron chi connectivity index (χ0n) is 9.10. The van der Waals surface area contributed by atoms with E-state index in [1.807, 2.05) is 36.4 Å². The Hall–Kier alpha value is -1.61. The van der Waals surface area contributed by atoms with Gasteiger partial charge in [-0.15, -0.1) is 0 Å². The second kappa shape index (κ2) is 6.80. The Kier molecular flexibility index (Phi) is 5.29. The van der Waals surface area contributed by atoms with Gasteiger partial charge in [-0.3, -0.25) is 4.79 Å². The lowest BCUT2D eigenvalue weighted by Crippen LogP contribution is -1.98. The number of carbonyl (C=O) groups is 1. The first-order chi connectivity index (χ1) is 7.74. The molecule has 16 heavy (non-hydrogen) atoms. The zero-order chi connectivity index (χ0) is 11.8. The minimum atomic E-state index is -0.783. The number of carboxylic acids is 1. The monoisotopic (exact) mass is 220 g/mol. The predicted molar refractivity (Wildman–Crippen MR) is 63.1 cm³/mol. The van der Waals surface area contributed by atoms with Crippen LogP contribution in [0.5, 0.6) is 0 Å². The molecular weight excluding hydrogens is 204 g/mol. The smallest absolute Gasteiger partial charge is 0.303 e. The molecule has 0 atom stereocenters. The Morgan fingerprint density at radius 1 is 1.31 bits per heavy atom. The van der Waals surface area contributed by atoms with Crippen molar-refractivity contribution in [3.63, 3.8) is 0 Å². The maximum absolute atomic E-state index is 10.5. The lowest BCUT2D eigenvalue weighted by atomic mass is 10.0. The predicted octanol–water partition coefficient (Wildman–Crippen LogP) is 2.10. The van der Waals surface area contributed by atoms with Gasteiger partial charge in [0.25, 0.3) is 0 Å². The van der Waals surface area contributed by atoms with Crippen molar-refractivity contribution in [2.75, 3.05) is 6.61 Å². The van der Waals surface area contributed by atoms with Crippen LogP contribution in [0.3, 0.4) is 0 Å². The third-order valence-electron chi connectivity index (χ3n) is 2.26. The van der Waals surface area contributed by atoms with E-state index in [0.29, 0.717) is 12.8 Å². The Labute approximate surface area is 95.0 Å². The normalized spacial score (nSPS) is 10.8. The molecule has 1 rings (SSSR count). The molecule has 0 aliphatic rings. The summed E-state index contributed by atoms with van der Waals surface area (Å²) in [5, 5.41) is 17.3. The molecule has 0 aliphatic heterocycles. The number of rotatable bonds is 6. The van der Waals surface area contributed by atoms with E-state index in [1.54, 1.807) is 0 Å². The molecule has 3 heteroatoms. The van der Waals surface area contributed by atoms with Gasteiger partial charge < -0.3 is 10.2 Å². The van der Waals surface area contributed by atoms with Gasteiger partial charge in [0, 0.05) is 13.0 Å². The molecule has 0 fully saturated rings. The van der Waals surface area contributed by atoms with E-state index in [0.717, 1.165) is 11.1 Å². The van der Waals surface area contributed by atoms with E-state index in [2.05, 4.69) is 0 Å². The first-order valence-electron chi connectivity index (χ1n) is 5.31. The van der Waals surface area contributed by atoms with Crippen LogP contribution >= 0.6 is 0 Å². The minimum Gasteiger partial charge on any atom is -0.481 e. The molecule has 0 saturated carbocycles. The van der Waals surface area contributed by atoms with Crippen LogP contribution in [0.25, 0.3) is 6.08 Å². The van der Waals surface area contributed by atoms with Gasteiger partial charge in [0.2, 0.25) is 0 Å². The number of aliphatic carboxylic acids is 1. The van der Waals surface area contributed by atoms with Crippen molar-refractivity contribution >= 4 is 12.0 Å². The highest BCUT2D eigenvalue weighted by Crippen LogP contribution is 2.13. The summed E-state index contributed by atoms with van der Waals surface area (Å²) < 4.78 is 0. The van der Waals surface area contributed by atoms with Crippen molar-refractivity contribution in [2.24, 2.45) is 0 Å². The molecule has 0 saturated heterocycles. The van der Waals surface area contributed by atoms with Crippen LogP contribution in [0.1, 0.15) is 24.0 Å². The average Bonchev–Trinajstić information content (AvgIpc) is 2.28. The highest BCUT2D eigenvalue weighted by atomic mass is 16.4. The Balaban J connectivity index is 2.71. The molecule has 0 aliphatic carbocycles. The van der Waals surface area contributed by atoms with Gasteiger partial charge in [0.15, 0.2) is 0 Å². The van der Waals surface area contributed by atoms with Crippen LogP contribution < -0.4 is 0 Å². The van der Waals surface area contributed by atoms with E-state index in [9.17, 15) is 4.79 Å². The lowest BCUT2D eigenvalue weighted by Gasteiger charge is -2.03. The first-order valence-corrected chi connectivity index (χ1v) is 5.31. The third-order valence-corrected chi connectivity index (χ3v) is 2.26. The fourth-order valence-electron chi connectivity index (χ4n) is 1.45. The number of aliphatic hydroxyl groups excluding tert-OH is 1. The summed E-state index contributed by atoms with van der Waals surface area (Å²) in [6, 6.07) is 7.70. The van der Waals surface area contributed by atoms with Gasteiger partial charge >= 0.3 is 5.97 Å². The maximum Gasteiger partial charge on any atom is 0.303 e. The van der Waals surface area contributed by atoms with Crippen molar-refractivity contribution in [1.29, 1.82) is 0 Å². The zero-order valence-corrected chi connectivity index (χ0v) is 9.10. The largest absolute Gasteiger partial charge is 0.481 e. The standard InChI is InChI=1S/C13H16O3/c14-10-4-3-7-11-5-1-2-6-12(11)8-9-13(15)16/h1-3,5-7,14H,4,8-10H2,(H,15,16). The highest BCUT2D eigenvalue weighted by molar-refractivity contribution is 5.67. The van der Waals surface area contributed by atoms with Crippen molar-refractivity contribution in [3.8, 4) is 0 Å². The van der Waals surface area contributed by atoms with Crippen molar-refractivity contribution in [1.82, 2.24) is 0 Å². The van der Waals surface area contributed by atoms with Gasteiger partial charge in [0.05, 0.1) is 0 Å². The van der Waals surface area contributed by atoms with E-state index < -0.39 is 5.97 Å². The molecule has 0 radical (unpaired) electrons. The SMILES string of the molecule is O=C(O)CCc1ccccc1C=CCCO. The van der Waals surface area contributed by atoms with Gasteiger partial charge in [-0.25, -0.2) is 0 Å². The lowest BCUT2D eigenvalue weighted by molar-refractivity contribution is -0.136. The topological polar surface area (TPSA) is 57.5 Å². The molecule has 0 bridgehead atoms. The summed E-state index contributed by atoms with van der Waals surface area (Å²) in [5.41, 5.74) is 2.05. The van der Waals surface area contributed by atoms with E-state index in [-0.39, 0.29) is 13.0 Å². The molecule has 0 heterocycles. The molecule has 86 valence electrons. The first kappa shape index (κ1) is 12.5. The van der Waals surface area contributed by atoms with Crippen LogP contribution in [-0.2, 0) is 11.2 Å². The number of carboxylic acid groups (broad SMARTS) is 1. The number of benzene rings is 1. The molecule has 0 unspecified atom stereocenters. The van der Waals surface area contributed by atoms with Crippen LogP contribution in [0.15, 0.2) is 30.3 Å².